The molecule has 106 valence electrons. The first-order chi connectivity index (χ1) is 9.74. The van der Waals surface area contributed by atoms with Crippen LogP contribution in [0.3, 0.4) is 0 Å². The summed E-state index contributed by atoms with van der Waals surface area (Å²) in [5.41, 5.74) is 3.58. The number of rotatable bonds is 1. The van der Waals surface area contributed by atoms with Crippen molar-refractivity contribution in [3.8, 4) is 0 Å². The first-order valence-electron chi connectivity index (χ1n) is 7.15. The summed E-state index contributed by atoms with van der Waals surface area (Å²) in [6.07, 6.45) is 10.3. The molecule has 0 saturated heterocycles. The Bertz CT molecular complexity index is 578. The number of methoxy groups -OCH3 is 1. The molecule has 4 rings (SSSR count). The largest absolute Gasteiger partial charge is 1.00 e. The van der Waals surface area contributed by atoms with Gasteiger partial charge >= 0.3 is 29.6 Å². The minimum atomic E-state index is -0.213. The van der Waals surface area contributed by atoms with E-state index in [1.165, 1.54) is 11.1 Å². The van der Waals surface area contributed by atoms with Crippen molar-refractivity contribution in [3.63, 3.8) is 0 Å². The molecule has 0 aromatic carbocycles. The fraction of sp³-hybridized carbons (Fsp3) is 0.500. The fourth-order valence-electron chi connectivity index (χ4n) is 4.00. The molecular formula is C16H18NNaO3. The van der Waals surface area contributed by atoms with E-state index in [0.717, 1.165) is 31.5 Å². The standard InChI is InChI=1S/C16H19NO3.Na/c1-19-13-3-2-12-5-7-17-6-4-11-10-20-15(18)8-14(11)16(12,17)9-13;/h2-3,5,8,13,18H,4,6-7,9-10H2,1H3;/q;+1/p-1/t13-,16-;/m0./s1. The third kappa shape index (κ3) is 2.16. The molecule has 0 fully saturated rings. The average molecular weight is 295 g/mol. The molecule has 0 aromatic heterocycles. The van der Waals surface area contributed by atoms with Gasteiger partial charge in [-0.05, 0) is 23.6 Å². The van der Waals surface area contributed by atoms with Crippen molar-refractivity contribution in [1.82, 2.24) is 4.90 Å². The fourth-order valence-corrected chi connectivity index (χ4v) is 4.00. The van der Waals surface area contributed by atoms with Crippen LogP contribution in [0.15, 0.2) is 47.0 Å². The molecule has 1 aliphatic carbocycles. The molecule has 0 bridgehead atoms. The third-order valence-corrected chi connectivity index (χ3v) is 5.00. The zero-order valence-corrected chi connectivity index (χ0v) is 14.6. The molecule has 0 N–H and O–H groups in total. The molecule has 4 nitrogen and oxygen atoms in total. The van der Waals surface area contributed by atoms with Crippen molar-refractivity contribution in [1.29, 1.82) is 0 Å². The Hall–Kier alpha value is -0.520. The molecule has 3 heterocycles. The van der Waals surface area contributed by atoms with Crippen LogP contribution in [0.4, 0.5) is 0 Å². The predicted molar refractivity (Wildman–Crippen MR) is 72.6 cm³/mol. The van der Waals surface area contributed by atoms with Crippen molar-refractivity contribution < 1.29 is 44.1 Å². The van der Waals surface area contributed by atoms with Crippen LogP contribution in [-0.2, 0) is 9.47 Å². The van der Waals surface area contributed by atoms with Gasteiger partial charge in [-0.2, -0.15) is 0 Å². The summed E-state index contributed by atoms with van der Waals surface area (Å²) in [4.78, 5) is 2.48. The molecule has 0 radical (unpaired) electrons. The number of hydrogen-bond donors (Lipinski definition) is 0. The normalized spacial score (nSPS) is 34.0. The summed E-state index contributed by atoms with van der Waals surface area (Å²) in [5.74, 6) is -0.213. The second-order valence-corrected chi connectivity index (χ2v) is 5.82. The quantitative estimate of drug-likeness (QED) is 0.519. The van der Waals surface area contributed by atoms with E-state index in [2.05, 4.69) is 23.1 Å². The van der Waals surface area contributed by atoms with Crippen LogP contribution < -0.4 is 34.7 Å². The van der Waals surface area contributed by atoms with Crippen LogP contribution in [0.5, 0.6) is 0 Å². The van der Waals surface area contributed by atoms with Gasteiger partial charge in [-0.1, -0.05) is 23.8 Å². The first kappa shape index (κ1) is 15.4. The predicted octanol–water partition coefficient (Wildman–Crippen LogP) is -2.12. The van der Waals surface area contributed by atoms with E-state index in [9.17, 15) is 5.11 Å². The summed E-state index contributed by atoms with van der Waals surface area (Å²) >= 11 is 0. The van der Waals surface area contributed by atoms with Crippen LogP contribution in [0.25, 0.3) is 0 Å². The Morgan fingerprint density at radius 1 is 1.48 bits per heavy atom. The van der Waals surface area contributed by atoms with Gasteiger partial charge < -0.3 is 14.6 Å². The second kappa shape index (κ2) is 5.60. The van der Waals surface area contributed by atoms with Gasteiger partial charge in [0, 0.05) is 33.2 Å². The molecule has 21 heavy (non-hydrogen) atoms. The maximum Gasteiger partial charge on any atom is 1.00 e. The van der Waals surface area contributed by atoms with Gasteiger partial charge in [0.2, 0.25) is 0 Å². The topological polar surface area (TPSA) is 44.8 Å². The van der Waals surface area contributed by atoms with E-state index in [1.54, 1.807) is 13.2 Å². The Morgan fingerprint density at radius 3 is 3.14 bits per heavy atom. The third-order valence-electron chi connectivity index (χ3n) is 5.00. The van der Waals surface area contributed by atoms with E-state index in [-0.39, 0.29) is 47.1 Å². The Morgan fingerprint density at radius 2 is 2.33 bits per heavy atom. The molecule has 0 aromatic rings. The zero-order chi connectivity index (χ0) is 13.7. The monoisotopic (exact) mass is 295 g/mol. The molecule has 4 aliphatic rings. The van der Waals surface area contributed by atoms with Crippen LogP contribution in [-0.4, -0.2) is 43.3 Å². The maximum atomic E-state index is 11.7. The van der Waals surface area contributed by atoms with Crippen LogP contribution >= 0.6 is 0 Å². The minimum Gasteiger partial charge on any atom is -0.609 e. The van der Waals surface area contributed by atoms with Crippen LogP contribution in [0.1, 0.15) is 12.8 Å². The molecule has 5 heteroatoms. The van der Waals surface area contributed by atoms with Gasteiger partial charge in [-0.3, -0.25) is 4.90 Å². The van der Waals surface area contributed by atoms with Gasteiger partial charge in [0.15, 0.2) is 0 Å². The molecule has 0 saturated carbocycles. The summed E-state index contributed by atoms with van der Waals surface area (Å²) < 4.78 is 10.7. The van der Waals surface area contributed by atoms with Crippen molar-refractivity contribution in [2.24, 2.45) is 0 Å². The Kier molecular flexibility index (Phi) is 4.10. The molecule has 0 amide bonds. The average Bonchev–Trinajstić information content (AvgIpc) is 2.86. The van der Waals surface area contributed by atoms with Crippen molar-refractivity contribution in [2.45, 2.75) is 24.5 Å². The Balaban J connectivity index is 0.00000132. The molecular weight excluding hydrogens is 277 g/mol. The molecule has 1 spiro atoms. The van der Waals surface area contributed by atoms with Gasteiger partial charge in [0.1, 0.15) is 0 Å². The van der Waals surface area contributed by atoms with Gasteiger partial charge in [0.25, 0.3) is 0 Å². The zero-order valence-electron chi connectivity index (χ0n) is 12.6. The van der Waals surface area contributed by atoms with E-state index in [1.807, 2.05) is 0 Å². The molecule has 3 aliphatic heterocycles. The van der Waals surface area contributed by atoms with E-state index >= 15 is 0 Å². The minimum absolute atomic E-state index is 0. The smallest absolute Gasteiger partial charge is 0.609 e. The summed E-state index contributed by atoms with van der Waals surface area (Å²) in [5, 5.41) is 11.7. The maximum absolute atomic E-state index is 11.7. The number of nitrogens with zero attached hydrogens (tertiary/aromatic N) is 1. The Labute approximate surface area is 147 Å². The SMILES string of the molecule is CO[C@H]1C=CC2=CCN3CCC4=C(C=C([O-])OC4)[C@]23C1.[Na+]. The summed E-state index contributed by atoms with van der Waals surface area (Å²) in [6.45, 7) is 2.43. The molecule has 2 atom stereocenters. The van der Waals surface area contributed by atoms with Crippen molar-refractivity contribution in [2.75, 3.05) is 26.8 Å². The number of hydrogen-bond acceptors (Lipinski definition) is 4. The number of ether oxygens (including phenoxy) is 2. The summed E-state index contributed by atoms with van der Waals surface area (Å²) in [6, 6.07) is 0. The van der Waals surface area contributed by atoms with Crippen molar-refractivity contribution in [3.05, 3.63) is 47.0 Å². The van der Waals surface area contributed by atoms with Crippen molar-refractivity contribution >= 4 is 0 Å². The van der Waals surface area contributed by atoms with Gasteiger partial charge in [-0.25, -0.2) is 0 Å². The first-order valence-corrected chi connectivity index (χ1v) is 7.15. The van der Waals surface area contributed by atoms with E-state index in [4.69, 9.17) is 9.47 Å². The summed E-state index contributed by atoms with van der Waals surface area (Å²) in [7, 11) is 1.75. The van der Waals surface area contributed by atoms with E-state index < -0.39 is 0 Å². The van der Waals surface area contributed by atoms with Crippen LogP contribution in [0, 0.1) is 0 Å². The van der Waals surface area contributed by atoms with Crippen LogP contribution in [0.2, 0.25) is 0 Å². The second-order valence-electron chi connectivity index (χ2n) is 5.82. The van der Waals surface area contributed by atoms with Gasteiger partial charge in [-0.15, -0.1) is 0 Å². The molecule has 0 unspecified atom stereocenters. The van der Waals surface area contributed by atoms with Gasteiger partial charge in [0.05, 0.1) is 17.6 Å². The van der Waals surface area contributed by atoms with E-state index in [0.29, 0.717) is 6.61 Å².